The summed E-state index contributed by atoms with van der Waals surface area (Å²) in [7, 11) is 0. The summed E-state index contributed by atoms with van der Waals surface area (Å²) in [6, 6.07) is 2.26. The number of thiophene rings is 1. The van der Waals surface area contributed by atoms with Gasteiger partial charge in [0.1, 0.15) is 0 Å². The normalized spacial score (nSPS) is 16.1. The first-order valence-corrected chi connectivity index (χ1v) is 9.12. The van der Waals surface area contributed by atoms with Gasteiger partial charge in [-0.15, -0.1) is 11.3 Å². The Morgan fingerprint density at radius 2 is 2.00 bits per heavy atom. The smallest absolute Gasteiger partial charge is 0.317 e. The minimum atomic E-state index is -0.786. The average molecular weight is 338 g/mol. The maximum atomic E-state index is 12.6. The second kappa shape index (κ2) is 7.93. The predicted molar refractivity (Wildman–Crippen MR) is 92.2 cm³/mol. The van der Waals surface area contributed by atoms with Crippen LogP contribution in [0.1, 0.15) is 46.8 Å². The van der Waals surface area contributed by atoms with Crippen LogP contribution in [-0.2, 0) is 11.2 Å². The van der Waals surface area contributed by atoms with Crippen molar-refractivity contribution < 1.29 is 14.7 Å². The maximum absolute atomic E-state index is 12.6. The van der Waals surface area contributed by atoms with E-state index in [4.69, 9.17) is 5.11 Å². The largest absolute Gasteiger partial charge is 0.480 e. The Balaban J connectivity index is 1.95. The number of carbonyl (C=O) groups excluding carboxylic acids is 1. The molecule has 2 rings (SSSR count). The van der Waals surface area contributed by atoms with Crippen LogP contribution in [-0.4, -0.2) is 59.0 Å². The molecular formula is C17H26N2O3S. The van der Waals surface area contributed by atoms with Crippen molar-refractivity contribution in [2.75, 3.05) is 26.2 Å². The number of carboxylic acids is 1. The van der Waals surface area contributed by atoms with Crippen molar-refractivity contribution in [2.45, 2.75) is 46.1 Å². The molecule has 128 valence electrons. The Morgan fingerprint density at radius 3 is 2.48 bits per heavy atom. The molecule has 0 unspecified atom stereocenters. The van der Waals surface area contributed by atoms with E-state index in [9.17, 15) is 9.59 Å². The molecule has 1 fully saturated rings. The fourth-order valence-electron chi connectivity index (χ4n) is 3.24. The number of carbonyl (C=O) groups is 2. The molecule has 1 N–H and O–H groups in total. The summed E-state index contributed by atoms with van der Waals surface area (Å²) in [4.78, 5) is 29.6. The van der Waals surface area contributed by atoms with E-state index in [2.05, 4.69) is 13.8 Å². The summed E-state index contributed by atoms with van der Waals surface area (Å²) < 4.78 is 0. The Morgan fingerprint density at radius 1 is 1.35 bits per heavy atom. The zero-order valence-electron chi connectivity index (χ0n) is 14.2. The van der Waals surface area contributed by atoms with E-state index >= 15 is 0 Å². The lowest BCUT2D eigenvalue weighted by Crippen LogP contribution is -2.48. The second-order valence-corrected chi connectivity index (χ2v) is 7.19. The van der Waals surface area contributed by atoms with Gasteiger partial charge in [0.25, 0.3) is 5.91 Å². The van der Waals surface area contributed by atoms with Gasteiger partial charge in [-0.25, -0.2) is 0 Å². The van der Waals surface area contributed by atoms with Gasteiger partial charge < -0.3 is 10.0 Å². The Kier molecular flexibility index (Phi) is 6.18. The highest BCUT2D eigenvalue weighted by atomic mass is 32.1. The number of carboxylic acid groups (broad SMARTS) is 1. The molecule has 1 aliphatic rings. The van der Waals surface area contributed by atoms with Crippen molar-refractivity contribution in [3.63, 3.8) is 0 Å². The minimum absolute atomic E-state index is 0.0824. The molecule has 5 nitrogen and oxygen atoms in total. The lowest BCUT2D eigenvalue weighted by Gasteiger charge is -2.37. The van der Waals surface area contributed by atoms with Crippen LogP contribution >= 0.6 is 11.3 Å². The Labute approximate surface area is 141 Å². The highest BCUT2D eigenvalue weighted by Gasteiger charge is 2.28. The summed E-state index contributed by atoms with van der Waals surface area (Å²) in [6.07, 6.45) is 2.65. The molecule has 0 atom stereocenters. The number of likely N-dealkylation sites (N-methyl/N-ethyl adjacent to an activating group) is 1. The number of hydrogen-bond acceptors (Lipinski definition) is 4. The quantitative estimate of drug-likeness (QED) is 0.866. The molecule has 6 heteroatoms. The third-order valence-corrected chi connectivity index (χ3v) is 5.93. The van der Waals surface area contributed by atoms with Crippen LogP contribution < -0.4 is 0 Å². The zero-order chi connectivity index (χ0) is 17.0. The highest BCUT2D eigenvalue weighted by Crippen LogP contribution is 2.25. The van der Waals surface area contributed by atoms with Gasteiger partial charge in [0.2, 0.25) is 0 Å². The van der Waals surface area contributed by atoms with Crippen LogP contribution in [0.25, 0.3) is 0 Å². The molecule has 1 amide bonds. The number of likely N-dealkylation sites (tertiary alicyclic amines) is 1. The van der Waals surface area contributed by atoms with Crippen LogP contribution in [0.5, 0.6) is 0 Å². The number of hydrogen-bond donors (Lipinski definition) is 1. The molecular weight excluding hydrogens is 312 g/mol. The molecule has 1 aromatic rings. The fraction of sp³-hybridized carbons (Fsp3) is 0.647. The molecule has 1 aromatic heterocycles. The first kappa shape index (κ1) is 17.9. The van der Waals surface area contributed by atoms with E-state index in [1.807, 2.05) is 22.8 Å². The fourth-order valence-corrected chi connectivity index (χ4v) is 4.32. The third kappa shape index (κ3) is 4.32. The third-order valence-electron chi connectivity index (χ3n) is 4.57. The van der Waals surface area contributed by atoms with Crippen molar-refractivity contribution in [1.29, 1.82) is 0 Å². The summed E-state index contributed by atoms with van der Waals surface area (Å²) in [5, 5.41) is 8.98. The molecule has 1 saturated heterocycles. The molecule has 0 radical (unpaired) electrons. The molecule has 0 aliphatic carbocycles. The number of amides is 1. The van der Waals surface area contributed by atoms with Gasteiger partial charge in [-0.3, -0.25) is 14.5 Å². The lowest BCUT2D eigenvalue weighted by molar-refractivity contribution is -0.139. The number of aliphatic carboxylic acids is 1. The topological polar surface area (TPSA) is 60.9 Å². The van der Waals surface area contributed by atoms with E-state index in [0.717, 1.165) is 30.7 Å². The van der Waals surface area contributed by atoms with Crippen LogP contribution in [0.3, 0.4) is 0 Å². The number of aryl methyl sites for hydroxylation is 2. The number of rotatable bonds is 6. The average Bonchev–Trinajstić information content (AvgIpc) is 2.93. The van der Waals surface area contributed by atoms with Gasteiger partial charge in [-0.2, -0.15) is 0 Å². The summed E-state index contributed by atoms with van der Waals surface area (Å²) in [5.74, 6) is -0.663. The van der Waals surface area contributed by atoms with Crippen LogP contribution in [0, 0.1) is 6.92 Å². The van der Waals surface area contributed by atoms with Crippen molar-refractivity contribution in [3.8, 4) is 0 Å². The first-order chi connectivity index (χ1) is 11.0. The van der Waals surface area contributed by atoms with E-state index < -0.39 is 5.97 Å². The lowest BCUT2D eigenvalue weighted by atomic mass is 10.0. The van der Waals surface area contributed by atoms with Crippen LogP contribution in [0.4, 0.5) is 0 Å². The monoisotopic (exact) mass is 338 g/mol. The Bertz CT molecular complexity index is 562. The SMILES string of the molecule is CCc1sc(C(=O)N2CCC(N(CC)CC(=O)O)CC2)cc1C. The summed E-state index contributed by atoms with van der Waals surface area (Å²) in [6.45, 7) is 8.38. The van der Waals surface area contributed by atoms with E-state index in [1.54, 1.807) is 11.3 Å². The van der Waals surface area contributed by atoms with Gasteiger partial charge in [0.15, 0.2) is 0 Å². The summed E-state index contributed by atoms with van der Waals surface area (Å²) >= 11 is 1.60. The minimum Gasteiger partial charge on any atom is -0.480 e. The van der Waals surface area contributed by atoms with E-state index in [1.165, 1.54) is 10.4 Å². The molecule has 1 aliphatic heterocycles. The molecule has 0 aromatic carbocycles. The predicted octanol–water partition coefficient (Wildman–Crippen LogP) is 2.63. The Hall–Kier alpha value is -1.40. The standard InChI is InChI=1S/C17H26N2O3S/c1-4-14-12(3)10-15(23-14)17(22)19-8-6-13(7-9-19)18(5-2)11-16(20)21/h10,13H,4-9,11H2,1-3H3,(H,20,21). The first-order valence-electron chi connectivity index (χ1n) is 8.30. The highest BCUT2D eigenvalue weighted by molar-refractivity contribution is 7.14. The van der Waals surface area contributed by atoms with Crippen LogP contribution in [0.15, 0.2) is 6.07 Å². The molecule has 0 spiro atoms. The van der Waals surface area contributed by atoms with Crippen LogP contribution in [0.2, 0.25) is 0 Å². The number of nitrogens with zero attached hydrogens (tertiary/aromatic N) is 2. The van der Waals surface area contributed by atoms with Crippen molar-refractivity contribution >= 4 is 23.2 Å². The van der Waals surface area contributed by atoms with Crippen molar-refractivity contribution in [2.24, 2.45) is 0 Å². The maximum Gasteiger partial charge on any atom is 0.317 e. The van der Waals surface area contributed by atoms with Gasteiger partial charge in [-0.05, 0) is 44.4 Å². The van der Waals surface area contributed by atoms with Gasteiger partial charge in [0.05, 0.1) is 11.4 Å². The van der Waals surface area contributed by atoms with Gasteiger partial charge in [0, 0.05) is 24.0 Å². The van der Waals surface area contributed by atoms with E-state index in [-0.39, 0.29) is 18.5 Å². The molecule has 0 bridgehead atoms. The second-order valence-electron chi connectivity index (χ2n) is 6.05. The van der Waals surface area contributed by atoms with Gasteiger partial charge >= 0.3 is 5.97 Å². The van der Waals surface area contributed by atoms with Crippen molar-refractivity contribution in [3.05, 3.63) is 21.4 Å². The van der Waals surface area contributed by atoms with Gasteiger partial charge in [-0.1, -0.05) is 13.8 Å². The molecule has 23 heavy (non-hydrogen) atoms. The number of piperidine rings is 1. The molecule has 0 saturated carbocycles. The van der Waals surface area contributed by atoms with E-state index in [0.29, 0.717) is 13.1 Å². The summed E-state index contributed by atoms with van der Waals surface area (Å²) in [5.41, 5.74) is 1.20. The van der Waals surface area contributed by atoms with Crippen molar-refractivity contribution in [1.82, 2.24) is 9.80 Å². The molecule has 2 heterocycles. The zero-order valence-corrected chi connectivity index (χ0v) is 15.0.